The van der Waals surface area contributed by atoms with Crippen LogP contribution >= 0.6 is 27.3 Å². The molecule has 0 bridgehead atoms. The van der Waals surface area contributed by atoms with Gasteiger partial charge in [0.15, 0.2) is 5.75 Å². The maximum absolute atomic E-state index is 12.0. The highest BCUT2D eigenvalue weighted by Crippen LogP contribution is 2.23. The first-order chi connectivity index (χ1) is 10.7. The van der Waals surface area contributed by atoms with E-state index in [-0.39, 0.29) is 12.4 Å². The van der Waals surface area contributed by atoms with Crippen molar-refractivity contribution in [1.82, 2.24) is 15.0 Å². The monoisotopic (exact) mass is 375 g/mol. The summed E-state index contributed by atoms with van der Waals surface area (Å²) in [6.45, 7) is 0. The quantitative estimate of drug-likeness (QED) is 0.515. The average molecular weight is 376 g/mol. The molecule has 0 saturated heterocycles. The summed E-state index contributed by atoms with van der Waals surface area (Å²) in [6, 6.07) is 9.01. The number of ether oxygens (including phenoxy) is 1. The standard InChI is InChI=1S/C15H10BrN3O2S/c16-14-12(5-3-7-18-14)21-13(20)8-10-9-22-15(19-10)11-4-1-2-6-17-11/h1-7,9H,8H2. The summed E-state index contributed by atoms with van der Waals surface area (Å²) in [5.74, 6) is 0.0132. The molecule has 7 heteroatoms. The second-order valence-electron chi connectivity index (χ2n) is 4.30. The first-order valence-electron chi connectivity index (χ1n) is 6.39. The summed E-state index contributed by atoms with van der Waals surface area (Å²) in [4.78, 5) is 24.6. The number of aromatic nitrogens is 3. The van der Waals surface area contributed by atoms with Crippen LogP contribution in [0.5, 0.6) is 5.75 Å². The van der Waals surface area contributed by atoms with E-state index in [4.69, 9.17) is 4.74 Å². The van der Waals surface area contributed by atoms with E-state index in [1.165, 1.54) is 11.3 Å². The Kier molecular flexibility index (Phi) is 4.55. The summed E-state index contributed by atoms with van der Waals surface area (Å²) < 4.78 is 5.76. The van der Waals surface area contributed by atoms with Crippen LogP contribution in [0.1, 0.15) is 5.69 Å². The zero-order valence-electron chi connectivity index (χ0n) is 11.3. The van der Waals surface area contributed by atoms with Crippen molar-refractivity contribution in [2.45, 2.75) is 6.42 Å². The predicted molar refractivity (Wildman–Crippen MR) is 86.6 cm³/mol. The molecule has 0 unspecified atom stereocenters. The third-order valence-electron chi connectivity index (χ3n) is 2.71. The third-order valence-corrected chi connectivity index (χ3v) is 4.22. The van der Waals surface area contributed by atoms with Gasteiger partial charge in [-0.2, -0.15) is 0 Å². The van der Waals surface area contributed by atoms with Crippen LogP contribution in [0, 0.1) is 0 Å². The molecular weight excluding hydrogens is 366 g/mol. The van der Waals surface area contributed by atoms with Crippen LogP contribution in [-0.2, 0) is 11.2 Å². The van der Waals surface area contributed by atoms with E-state index in [9.17, 15) is 4.79 Å². The number of carbonyl (C=O) groups excluding carboxylic acids is 1. The molecule has 0 atom stereocenters. The van der Waals surface area contributed by atoms with Crippen molar-refractivity contribution in [2.24, 2.45) is 0 Å². The van der Waals surface area contributed by atoms with Gasteiger partial charge in [-0.05, 0) is 40.2 Å². The highest BCUT2D eigenvalue weighted by atomic mass is 79.9. The van der Waals surface area contributed by atoms with Crippen molar-refractivity contribution in [3.63, 3.8) is 0 Å². The minimum atomic E-state index is -0.383. The molecule has 0 aliphatic heterocycles. The van der Waals surface area contributed by atoms with Gasteiger partial charge in [-0.3, -0.25) is 9.78 Å². The van der Waals surface area contributed by atoms with E-state index in [1.807, 2.05) is 23.6 Å². The van der Waals surface area contributed by atoms with Gasteiger partial charge in [-0.25, -0.2) is 9.97 Å². The zero-order valence-corrected chi connectivity index (χ0v) is 13.7. The van der Waals surface area contributed by atoms with E-state index in [2.05, 4.69) is 30.9 Å². The summed E-state index contributed by atoms with van der Waals surface area (Å²) in [5, 5.41) is 2.62. The van der Waals surface area contributed by atoms with Crippen molar-refractivity contribution in [2.75, 3.05) is 0 Å². The number of hydrogen-bond donors (Lipinski definition) is 0. The second kappa shape index (κ2) is 6.76. The van der Waals surface area contributed by atoms with Gasteiger partial charge in [0, 0.05) is 17.8 Å². The van der Waals surface area contributed by atoms with Crippen molar-refractivity contribution < 1.29 is 9.53 Å². The van der Waals surface area contributed by atoms with E-state index in [1.54, 1.807) is 24.5 Å². The van der Waals surface area contributed by atoms with E-state index >= 15 is 0 Å². The molecule has 5 nitrogen and oxygen atoms in total. The summed E-state index contributed by atoms with van der Waals surface area (Å²) >= 11 is 4.69. The van der Waals surface area contributed by atoms with E-state index < -0.39 is 0 Å². The lowest BCUT2D eigenvalue weighted by Crippen LogP contribution is -2.12. The fourth-order valence-corrected chi connectivity index (χ4v) is 2.88. The lowest BCUT2D eigenvalue weighted by Gasteiger charge is -2.03. The Morgan fingerprint density at radius 3 is 2.82 bits per heavy atom. The minimum Gasteiger partial charge on any atom is -0.423 e. The number of pyridine rings is 2. The molecule has 0 saturated carbocycles. The largest absolute Gasteiger partial charge is 0.423 e. The number of halogens is 1. The Balaban J connectivity index is 1.68. The maximum atomic E-state index is 12.0. The Labute approximate surface area is 139 Å². The fraction of sp³-hybridized carbons (Fsp3) is 0.0667. The topological polar surface area (TPSA) is 65.0 Å². The number of rotatable bonds is 4. The Morgan fingerprint density at radius 2 is 2.05 bits per heavy atom. The highest BCUT2D eigenvalue weighted by Gasteiger charge is 2.13. The van der Waals surface area contributed by atoms with Crippen LogP contribution in [-0.4, -0.2) is 20.9 Å². The lowest BCUT2D eigenvalue weighted by atomic mass is 10.3. The first kappa shape index (κ1) is 14.8. The van der Waals surface area contributed by atoms with Crippen LogP contribution in [0.2, 0.25) is 0 Å². The molecule has 110 valence electrons. The zero-order chi connectivity index (χ0) is 15.4. The molecule has 0 spiro atoms. The van der Waals surface area contributed by atoms with Crippen LogP contribution in [0.25, 0.3) is 10.7 Å². The molecule has 22 heavy (non-hydrogen) atoms. The van der Waals surface area contributed by atoms with Crippen LogP contribution < -0.4 is 4.74 Å². The normalized spacial score (nSPS) is 10.4. The number of nitrogens with zero attached hydrogens (tertiary/aromatic N) is 3. The second-order valence-corrected chi connectivity index (χ2v) is 5.91. The van der Waals surface area contributed by atoms with E-state index in [0.717, 1.165) is 10.7 Å². The van der Waals surface area contributed by atoms with Crippen LogP contribution in [0.4, 0.5) is 0 Å². The molecule has 0 aliphatic carbocycles. The third kappa shape index (κ3) is 3.55. The average Bonchev–Trinajstić information content (AvgIpc) is 2.99. The molecule has 0 aromatic carbocycles. The van der Waals surface area contributed by atoms with Crippen molar-refractivity contribution in [1.29, 1.82) is 0 Å². The maximum Gasteiger partial charge on any atom is 0.317 e. The highest BCUT2D eigenvalue weighted by molar-refractivity contribution is 9.10. The predicted octanol–water partition coefficient (Wildman–Crippen LogP) is 3.51. The van der Waals surface area contributed by atoms with Gasteiger partial charge in [0.2, 0.25) is 0 Å². The van der Waals surface area contributed by atoms with Gasteiger partial charge in [0.05, 0.1) is 17.8 Å². The summed E-state index contributed by atoms with van der Waals surface area (Å²) in [5.41, 5.74) is 1.46. The van der Waals surface area contributed by atoms with Gasteiger partial charge in [0.25, 0.3) is 0 Å². The number of thiazole rings is 1. The Hall–Kier alpha value is -2.12. The molecule has 0 radical (unpaired) electrons. The van der Waals surface area contributed by atoms with Gasteiger partial charge < -0.3 is 4.74 Å². The molecule has 0 amide bonds. The smallest absolute Gasteiger partial charge is 0.317 e. The first-order valence-corrected chi connectivity index (χ1v) is 8.06. The van der Waals surface area contributed by atoms with E-state index in [0.29, 0.717) is 16.0 Å². The summed E-state index contributed by atoms with van der Waals surface area (Å²) in [6.07, 6.45) is 3.43. The molecule has 0 aliphatic rings. The fourth-order valence-electron chi connectivity index (χ4n) is 1.75. The number of esters is 1. The van der Waals surface area contributed by atoms with Crippen molar-refractivity contribution in [3.05, 3.63) is 58.4 Å². The molecule has 0 N–H and O–H groups in total. The van der Waals surface area contributed by atoms with Gasteiger partial charge in [0.1, 0.15) is 9.61 Å². The number of carbonyl (C=O) groups is 1. The Morgan fingerprint density at radius 1 is 1.18 bits per heavy atom. The summed E-state index contributed by atoms with van der Waals surface area (Å²) in [7, 11) is 0. The Bertz CT molecular complexity index is 792. The minimum absolute atomic E-state index is 0.102. The van der Waals surface area contributed by atoms with Gasteiger partial charge in [-0.1, -0.05) is 6.07 Å². The molecule has 0 fully saturated rings. The van der Waals surface area contributed by atoms with Crippen LogP contribution in [0.15, 0.2) is 52.7 Å². The number of hydrogen-bond acceptors (Lipinski definition) is 6. The van der Waals surface area contributed by atoms with Crippen LogP contribution in [0.3, 0.4) is 0 Å². The SMILES string of the molecule is O=C(Cc1csc(-c2ccccn2)n1)Oc1cccnc1Br. The molecule has 3 heterocycles. The lowest BCUT2D eigenvalue weighted by molar-refractivity contribution is -0.133. The molecule has 3 aromatic heterocycles. The van der Waals surface area contributed by atoms with Crippen molar-refractivity contribution in [3.8, 4) is 16.5 Å². The molecule has 3 aromatic rings. The van der Waals surface area contributed by atoms with Gasteiger partial charge >= 0.3 is 5.97 Å². The molecule has 3 rings (SSSR count). The molecular formula is C15H10BrN3O2S. The van der Waals surface area contributed by atoms with Crippen molar-refractivity contribution >= 4 is 33.2 Å². The van der Waals surface area contributed by atoms with Gasteiger partial charge in [-0.15, -0.1) is 11.3 Å².